The number of hydrogen-bond donors (Lipinski definition) is 1. The van der Waals surface area contributed by atoms with E-state index < -0.39 is 0 Å². The third kappa shape index (κ3) is 4.79. The van der Waals surface area contributed by atoms with Crippen LogP contribution in [0.4, 0.5) is 0 Å². The zero-order valence-corrected chi connectivity index (χ0v) is 15.2. The highest BCUT2D eigenvalue weighted by molar-refractivity contribution is 5.97. The number of fused-ring (bicyclic) bond motifs is 1. The van der Waals surface area contributed by atoms with E-state index in [-0.39, 0.29) is 5.91 Å². The van der Waals surface area contributed by atoms with Gasteiger partial charge in [-0.2, -0.15) is 0 Å². The molecule has 1 amide bonds. The first kappa shape index (κ1) is 18.3. The van der Waals surface area contributed by atoms with Gasteiger partial charge in [0.2, 0.25) is 0 Å². The number of allylic oxidation sites excluding steroid dienone is 4. The molecular weight excluding hydrogens is 332 g/mol. The Morgan fingerprint density at radius 3 is 2.70 bits per heavy atom. The lowest BCUT2D eigenvalue weighted by Gasteiger charge is -2.09. The van der Waals surface area contributed by atoms with E-state index in [1.165, 1.54) is 5.56 Å². The SMILES string of the molecule is C=C/C=C(\C=C)Cc1cccc(CNC(=O)c2ccc3ncccc3c2)c1. The molecule has 3 rings (SSSR count). The highest BCUT2D eigenvalue weighted by atomic mass is 16.1. The molecule has 0 atom stereocenters. The number of nitrogens with one attached hydrogen (secondary N) is 1. The van der Waals surface area contributed by atoms with Crippen molar-refractivity contribution >= 4 is 16.8 Å². The molecule has 134 valence electrons. The molecule has 0 bridgehead atoms. The van der Waals surface area contributed by atoms with E-state index in [1.54, 1.807) is 18.3 Å². The highest BCUT2D eigenvalue weighted by Crippen LogP contribution is 2.14. The molecule has 27 heavy (non-hydrogen) atoms. The second-order valence-corrected chi connectivity index (χ2v) is 6.27. The van der Waals surface area contributed by atoms with Crippen molar-refractivity contribution in [2.75, 3.05) is 0 Å². The third-order valence-corrected chi connectivity index (χ3v) is 4.31. The molecule has 0 radical (unpaired) electrons. The van der Waals surface area contributed by atoms with Gasteiger partial charge in [0.1, 0.15) is 0 Å². The number of hydrogen-bond acceptors (Lipinski definition) is 2. The average molecular weight is 354 g/mol. The molecule has 2 aromatic carbocycles. The third-order valence-electron chi connectivity index (χ3n) is 4.31. The summed E-state index contributed by atoms with van der Waals surface area (Å²) in [6, 6.07) is 17.6. The van der Waals surface area contributed by atoms with Gasteiger partial charge in [-0.1, -0.05) is 61.7 Å². The molecule has 3 nitrogen and oxygen atoms in total. The van der Waals surface area contributed by atoms with Crippen molar-refractivity contribution in [3.63, 3.8) is 0 Å². The lowest BCUT2D eigenvalue weighted by Crippen LogP contribution is -2.22. The van der Waals surface area contributed by atoms with Crippen LogP contribution in [0, 0.1) is 0 Å². The van der Waals surface area contributed by atoms with Gasteiger partial charge in [0.05, 0.1) is 5.52 Å². The highest BCUT2D eigenvalue weighted by Gasteiger charge is 2.07. The van der Waals surface area contributed by atoms with Gasteiger partial charge in [-0.05, 0) is 47.4 Å². The number of carbonyl (C=O) groups excluding carboxylic acids is 1. The Kier molecular flexibility index (Phi) is 5.95. The van der Waals surface area contributed by atoms with Crippen molar-refractivity contribution < 1.29 is 4.79 Å². The van der Waals surface area contributed by atoms with Crippen LogP contribution in [0.15, 0.2) is 97.8 Å². The molecule has 0 aliphatic heterocycles. The fraction of sp³-hybridized carbons (Fsp3) is 0.0833. The largest absolute Gasteiger partial charge is 0.348 e. The first-order valence-corrected chi connectivity index (χ1v) is 8.84. The van der Waals surface area contributed by atoms with Crippen LogP contribution in [-0.2, 0) is 13.0 Å². The van der Waals surface area contributed by atoms with Crippen molar-refractivity contribution in [1.29, 1.82) is 0 Å². The Labute approximate surface area is 159 Å². The molecule has 0 aliphatic carbocycles. The first-order valence-electron chi connectivity index (χ1n) is 8.84. The van der Waals surface area contributed by atoms with E-state index in [0.29, 0.717) is 12.1 Å². The topological polar surface area (TPSA) is 42.0 Å². The predicted octanol–water partition coefficient (Wildman–Crippen LogP) is 5.01. The Balaban J connectivity index is 1.67. The van der Waals surface area contributed by atoms with E-state index in [0.717, 1.165) is 28.5 Å². The summed E-state index contributed by atoms with van der Waals surface area (Å²) in [6.45, 7) is 8.04. The summed E-state index contributed by atoms with van der Waals surface area (Å²) in [5.41, 5.74) is 4.86. The van der Waals surface area contributed by atoms with Crippen molar-refractivity contribution in [2.45, 2.75) is 13.0 Å². The van der Waals surface area contributed by atoms with Crippen LogP contribution < -0.4 is 5.32 Å². The average Bonchev–Trinajstić information content (AvgIpc) is 2.71. The van der Waals surface area contributed by atoms with E-state index in [1.807, 2.05) is 48.6 Å². The summed E-state index contributed by atoms with van der Waals surface area (Å²) in [5, 5.41) is 3.95. The van der Waals surface area contributed by atoms with Crippen LogP contribution in [-0.4, -0.2) is 10.9 Å². The fourth-order valence-corrected chi connectivity index (χ4v) is 2.94. The zero-order chi connectivity index (χ0) is 19.1. The van der Waals surface area contributed by atoms with Crippen molar-refractivity contribution in [3.8, 4) is 0 Å². The molecule has 1 N–H and O–H groups in total. The van der Waals surface area contributed by atoms with E-state index in [9.17, 15) is 4.79 Å². The van der Waals surface area contributed by atoms with E-state index in [2.05, 4.69) is 35.6 Å². The summed E-state index contributed by atoms with van der Waals surface area (Å²) >= 11 is 0. The first-order chi connectivity index (χ1) is 13.2. The quantitative estimate of drug-likeness (QED) is 0.606. The van der Waals surface area contributed by atoms with E-state index in [4.69, 9.17) is 0 Å². The summed E-state index contributed by atoms with van der Waals surface area (Å²) in [7, 11) is 0. The molecule has 3 aromatic rings. The number of amides is 1. The number of nitrogens with zero attached hydrogens (tertiary/aromatic N) is 1. The molecular formula is C24H22N2O. The van der Waals surface area contributed by atoms with Crippen LogP contribution in [0.5, 0.6) is 0 Å². The Morgan fingerprint density at radius 1 is 1.04 bits per heavy atom. The molecule has 0 saturated heterocycles. The van der Waals surface area contributed by atoms with Crippen LogP contribution in [0.1, 0.15) is 21.5 Å². The van der Waals surface area contributed by atoms with Gasteiger partial charge >= 0.3 is 0 Å². The molecule has 0 saturated carbocycles. The summed E-state index contributed by atoms with van der Waals surface area (Å²) in [6.07, 6.45) is 8.09. The van der Waals surface area contributed by atoms with Gasteiger partial charge in [-0.25, -0.2) is 0 Å². The van der Waals surface area contributed by atoms with E-state index >= 15 is 0 Å². The van der Waals surface area contributed by atoms with Crippen molar-refractivity contribution in [2.24, 2.45) is 0 Å². The Morgan fingerprint density at radius 2 is 1.89 bits per heavy atom. The molecule has 1 aromatic heterocycles. The second kappa shape index (κ2) is 8.77. The molecule has 0 aliphatic rings. The second-order valence-electron chi connectivity index (χ2n) is 6.27. The minimum absolute atomic E-state index is 0.0931. The van der Waals surface area contributed by atoms with Gasteiger partial charge in [-0.15, -0.1) is 0 Å². The zero-order valence-electron chi connectivity index (χ0n) is 15.2. The molecule has 0 unspecified atom stereocenters. The maximum absolute atomic E-state index is 12.5. The van der Waals surface area contributed by atoms with Crippen LogP contribution in [0.2, 0.25) is 0 Å². The number of carbonyl (C=O) groups is 1. The fourth-order valence-electron chi connectivity index (χ4n) is 2.94. The lowest BCUT2D eigenvalue weighted by atomic mass is 10.0. The normalized spacial score (nSPS) is 11.2. The van der Waals surface area contributed by atoms with Gasteiger partial charge in [0.15, 0.2) is 0 Å². The van der Waals surface area contributed by atoms with Crippen LogP contribution in [0.3, 0.4) is 0 Å². The molecule has 1 heterocycles. The minimum Gasteiger partial charge on any atom is -0.348 e. The molecule has 3 heteroatoms. The maximum atomic E-state index is 12.5. The smallest absolute Gasteiger partial charge is 0.251 e. The monoisotopic (exact) mass is 354 g/mol. The Hall–Kier alpha value is -3.46. The van der Waals surface area contributed by atoms with Crippen molar-refractivity contribution in [1.82, 2.24) is 10.3 Å². The Bertz CT molecular complexity index is 1020. The standard InChI is InChI=1S/C24H22N2O/c1-3-7-18(4-2)14-19-8-5-9-20(15-19)17-26-24(27)22-11-12-23-21(16-22)10-6-13-25-23/h3-13,15-16H,1-2,14,17H2,(H,26,27)/b18-7+. The maximum Gasteiger partial charge on any atom is 0.251 e. The summed E-state index contributed by atoms with van der Waals surface area (Å²) in [4.78, 5) is 16.8. The number of rotatable bonds is 7. The van der Waals surface area contributed by atoms with Gasteiger partial charge in [0, 0.05) is 23.7 Å². The number of pyridine rings is 1. The lowest BCUT2D eigenvalue weighted by molar-refractivity contribution is 0.0951. The van der Waals surface area contributed by atoms with Gasteiger partial charge < -0.3 is 5.32 Å². The predicted molar refractivity (Wildman–Crippen MR) is 112 cm³/mol. The number of aromatic nitrogens is 1. The van der Waals surface area contributed by atoms with Gasteiger partial charge in [0.25, 0.3) is 5.91 Å². The van der Waals surface area contributed by atoms with Crippen molar-refractivity contribution in [3.05, 3.63) is 114 Å². The van der Waals surface area contributed by atoms with Crippen LogP contribution >= 0.6 is 0 Å². The minimum atomic E-state index is -0.0931. The number of benzene rings is 2. The summed E-state index contributed by atoms with van der Waals surface area (Å²) in [5.74, 6) is -0.0931. The summed E-state index contributed by atoms with van der Waals surface area (Å²) < 4.78 is 0. The molecule has 0 fully saturated rings. The van der Waals surface area contributed by atoms with Crippen LogP contribution in [0.25, 0.3) is 10.9 Å². The van der Waals surface area contributed by atoms with Gasteiger partial charge in [-0.3, -0.25) is 9.78 Å². The molecule has 0 spiro atoms.